The second-order valence-corrected chi connectivity index (χ2v) is 2.78. The van der Waals surface area contributed by atoms with Crippen molar-refractivity contribution in [1.29, 1.82) is 0 Å². The van der Waals surface area contributed by atoms with Crippen LogP contribution in [-0.4, -0.2) is 18.4 Å². The van der Waals surface area contributed by atoms with Crippen LogP contribution in [0.5, 0.6) is 0 Å². The van der Waals surface area contributed by atoms with E-state index in [0.717, 1.165) is 12.8 Å². The monoisotopic (exact) mass is 168 g/mol. The van der Waals surface area contributed by atoms with Crippen molar-refractivity contribution in [1.82, 2.24) is 0 Å². The molecule has 1 heterocycles. The van der Waals surface area contributed by atoms with Crippen molar-refractivity contribution in [2.45, 2.75) is 44.6 Å². The van der Waals surface area contributed by atoms with E-state index in [2.05, 4.69) is 4.74 Å². The summed E-state index contributed by atoms with van der Waals surface area (Å²) in [5.41, 5.74) is 0. The van der Waals surface area contributed by atoms with Crippen molar-refractivity contribution in [3.05, 3.63) is 0 Å². The van der Waals surface area contributed by atoms with Gasteiger partial charge in [0.2, 0.25) is 0 Å². The molecule has 1 nitrogen and oxygen atoms in total. The Morgan fingerprint density at radius 3 is 2.36 bits per heavy atom. The van der Waals surface area contributed by atoms with Gasteiger partial charge in [-0.25, -0.2) is 0 Å². The highest BCUT2D eigenvalue weighted by molar-refractivity contribution is 4.90. The normalized spacial score (nSPS) is 30.5. The lowest BCUT2D eigenvalue weighted by molar-refractivity contribution is -0.146. The average Bonchev–Trinajstić information content (AvgIpc) is 2.60. The average molecular weight is 168 g/mol. The number of ether oxygens (including phenoxy) is 1. The smallest absolute Gasteiger partial charge is 0.360 e. The van der Waals surface area contributed by atoms with Crippen molar-refractivity contribution in [3.8, 4) is 0 Å². The van der Waals surface area contributed by atoms with Crippen LogP contribution in [0.1, 0.15) is 26.2 Å². The van der Waals surface area contributed by atoms with E-state index in [1.54, 1.807) is 0 Å². The van der Waals surface area contributed by atoms with Gasteiger partial charge >= 0.3 is 6.18 Å². The van der Waals surface area contributed by atoms with Gasteiger partial charge in [-0.1, -0.05) is 19.8 Å². The summed E-state index contributed by atoms with van der Waals surface area (Å²) in [6.07, 6.45) is -3.87. The highest BCUT2D eigenvalue weighted by Crippen LogP contribution is 2.39. The minimum atomic E-state index is -4.14. The number of unbranched alkanes of at least 4 members (excludes halogenated alkanes) is 1. The Morgan fingerprint density at radius 1 is 1.36 bits per heavy atom. The van der Waals surface area contributed by atoms with Crippen LogP contribution in [0, 0.1) is 0 Å². The lowest BCUT2D eigenvalue weighted by Gasteiger charge is -1.99. The van der Waals surface area contributed by atoms with Gasteiger partial charge in [0.05, 0.1) is 6.10 Å². The first-order valence-electron chi connectivity index (χ1n) is 3.78. The van der Waals surface area contributed by atoms with Crippen LogP contribution in [0.2, 0.25) is 0 Å². The standard InChI is InChI=1S/C7H11F3O/c1-2-3-4-5-6(11-5)7(8,9)10/h5-6H,2-4H2,1H3/t5-,6+/m1/s1. The molecule has 1 aliphatic heterocycles. The molecule has 0 bridgehead atoms. The molecule has 0 aromatic heterocycles. The molecule has 2 atom stereocenters. The molecule has 0 radical (unpaired) electrons. The Bertz CT molecular complexity index is 132. The van der Waals surface area contributed by atoms with Crippen molar-refractivity contribution < 1.29 is 17.9 Å². The lowest BCUT2D eigenvalue weighted by Crippen LogP contribution is -2.18. The minimum Gasteiger partial charge on any atom is -0.360 e. The highest BCUT2D eigenvalue weighted by Gasteiger charge is 2.57. The predicted octanol–water partition coefficient (Wildman–Crippen LogP) is 2.51. The Labute approximate surface area is 63.5 Å². The molecule has 0 aliphatic carbocycles. The molecule has 0 aromatic carbocycles. The molecule has 66 valence electrons. The molecule has 0 spiro atoms. The van der Waals surface area contributed by atoms with Crippen LogP contribution >= 0.6 is 0 Å². The Kier molecular flexibility index (Phi) is 2.42. The molecular formula is C7H11F3O. The van der Waals surface area contributed by atoms with Crippen LogP contribution in [-0.2, 0) is 4.74 Å². The minimum absolute atomic E-state index is 0.542. The van der Waals surface area contributed by atoms with Gasteiger partial charge < -0.3 is 4.74 Å². The maximum absolute atomic E-state index is 11.8. The van der Waals surface area contributed by atoms with E-state index in [4.69, 9.17) is 0 Å². The van der Waals surface area contributed by atoms with Gasteiger partial charge in [0.1, 0.15) is 0 Å². The summed E-state index contributed by atoms with van der Waals surface area (Å²) in [5.74, 6) is 0. The summed E-state index contributed by atoms with van der Waals surface area (Å²) in [7, 11) is 0. The van der Waals surface area contributed by atoms with E-state index in [9.17, 15) is 13.2 Å². The third kappa shape index (κ3) is 2.36. The maximum Gasteiger partial charge on any atom is 0.417 e. The van der Waals surface area contributed by atoms with Gasteiger partial charge in [0.15, 0.2) is 6.10 Å². The fourth-order valence-electron chi connectivity index (χ4n) is 1.06. The second-order valence-electron chi connectivity index (χ2n) is 2.78. The molecule has 0 unspecified atom stereocenters. The van der Waals surface area contributed by atoms with Gasteiger partial charge in [-0.05, 0) is 6.42 Å². The summed E-state index contributed by atoms with van der Waals surface area (Å²) in [5, 5.41) is 0. The van der Waals surface area contributed by atoms with Crippen LogP contribution in [0.4, 0.5) is 13.2 Å². The fourth-order valence-corrected chi connectivity index (χ4v) is 1.06. The van der Waals surface area contributed by atoms with Crippen LogP contribution < -0.4 is 0 Å². The fraction of sp³-hybridized carbons (Fsp3) is 1.00. The zero-order chi connectivity index (χ0) is 8.48. The molecule has 0 saturated carbocycles. The molecule has 0 N–H and O–H groups in total. The maximum atomic E-state index is 11.8. The molecular weight excluding hydrogens is 157 g/mol. The molecule has 1 rings (SSSR count). The molecule has 11 heavy (non-hydrogen) atoms. The summed E-state index contributed by atoms with van der Waals surface area (Å²) < 4.78 is 39.8. The quantitative estimate of drug-likeness (QED) is 0.590. The zero-order valence-electron chi connectivity index (χ0n) is 6.32. The molecule has 1 fully saturated rings. The first-order valence-corrected chi connectivity index (χ1v) is 3.78. The first kappa shape index (κ1) is 8.84. The van der Waals surface area contributed by atoms with Crippen molar-refractivity contribution in [2.24, 2.45) is 0 Å². The molecule has 1 saturated heterocycles. The third-order valence-corrected chi connectivity index (χ3v) is 1.75. The number of rotatable bonds is 3. The number of hydrogen-bond acceptors (Lipinski definition) is 1. The summed E-state index contributed by atoms with van der Waals surface area (Å²) in [6.45, 7) is 1.95. The summed E-state index contributed by atoms with van der Waals surface area (Å²) >= 11 is 0. The topological polar surface area (TPSA) is 12.5 Å². The van der Waals surface area contributed by atoms with Crippen LogP contribution in [0.15, 0.2) is 0 Å². The van der Waals surface area contributed by atoms with E-state index >= 15 is 0 Å². The highest BCUT2D eigenvalue weighted by atomic mass is 19.4. The van der Waals surface area contributed by atoms with Gasteiger partial charge in [-0.15, -0.1) is 0 Å². The number of hydrogen-bond donors (Lipinski definition) is 0. The lowest BCUT2D eigenvalue weighted by atomic mass is 10.1. The predicted molar refractivity (Wildman–Crippen MR) is 34.2 cm³/mol. The molecule has 0 amide bonds. The van der Waals surface area contributed by atoms with Crippen LogP contribution in [0.25, 0.3) is 0 Å². The Hall–Kier alpha value is -0.250. The van der Waals surface area contributed by atoms with Gasteiger partial charge in [0, 0.05) is 0 Å². The van der Waals surface area contributed by atoms with Gasteiger partial charge in [0.25, 0.3) is 0 Å². The van der Waals surface area contributed by atoms with E-state index < -0.39 is 18.4 Å². The van der Waals surface area contributed by atoms with E-state index in [-0.39, 0.29) is 0 Å². The SMILES string of the molecule is CCCC[C@H]1O[C@@H]1C(F)(F)F. The zero-order valence-corrected chi connectivity index (χ0v) is 6.32. The number of epoxide rings is 1. The van der Waals surface area contributed by atoms with Crippen molar-refractivity contribution >= 4 is 0 Å². The molecule has 4 heteroatoms. The summed E-state index contributed by atoms with van der Waals surface area (Å²) in [6, 6.07) is 0. The van der Waals surface area contributed by atoms with Crippen molar-refractivity contribution in [2.75, 3.05) is 0 Å². The summed E-state index contributed by atoms with van der Waals surface area (Å²) in [4.78, 5) is 0. The first-order chi connectivity index (χ1) is 5.05. The number of alkyl halides is 3. The van der Waals surface area contributed by atoms with E-state index in [1.165, 1.54) is 0 Å². The second kappa shape index (κ2) is 3.01. The van der Waals surface area contributed by atoms with Gasteiger partial charge in [-0.3, -0.25) is 0 Å². The largest absolute Gasteiger partial charge is 0.417 e. The third-order valence-electron chi connectivity index (χ3n) is 1.75. The van der Waals surface area contributed by atoms with E-state index in [0.29, 0.717) is 6.42 Å². The Balaban J connectivity index is 2.16. The number of halogens is 3. The molecule has 1 aliphatic rings. The molecule has 0 aromatic rings. The Morgan fingerprint density at radius 2 is 2.00 bits per heavy atom. The van der Waals surface area contributed by atoms with Crippen molar-refractivity contribution in [3.63, 3.8) is 0 Å². The van der Waals surface area contributed by atoms with Gasteiger partial charge in [-0.2, -0.15) is 13.2 Å². The van der Waals surface area contributed by atoms with E-state index in [1.807, 2.05) is 6.92 Å². The van der Waals surface area contributed by atoms with Crippen LogP contribution in [0.3, 0.4) is 0 Å².